The van der Waals surface area contributed by atoms with Crippen LogP contribution < -0.4 is 0 Å². The van der Waals surface area contributed by atoms with Crippen molar-refractivity contribution in [3.05, 3.63) is 24.3 Å². The molecular weight excluding hydrogens is 737 g/mol. The predicted molar refractivity (Wildman–Crippen MR) is 220 cm³/mol. The zero-order valence-electron chi connectivity index (χ0n) is 34.8. The Kier molecular flexibility index (Phi) is 26.0. The third-order valence-corrected chi connectivity index (χ3v) is 24.0. The lowest BCUT2D eigenvalue weighted by Gasteiger charge is -2.38. The van der Waals surface area contributed by atoms with E-state index >= 15 is 0 Å². The molecule has 51 heavy (non-hydrogen) atoms. The van der Waals surface area contributed by atoms with E-state index in [2.05, 4.69) is 92.1 Å². The van der Waals surface area contributed by atoms with Gasteiger partial charge in [-0.25, -0.2) is 9.59 Å². The molecule has 2 atom stereocenters. The summed E-state index contributed by atoms with van der Waals surface area (Å²) in [5, 5.41) is 19.5. The molecule has 0 radical (unpaired) electrons. The monoisotopic (exact) mass is 812 g/mol. The molecule has 2 N–H and O–H groups in total. The van der Waals surface area contributed by atoms with Gasteiger partial charge in [0.1, 0.15) is 25.4 Å². The van der Waals surface area contributed by atoms with Crippen LogP contribution in [0.15, 0.2) is 24.3 Å². The summed E-state index contributed by atoms with van der Waals surface area (Å²) in [5.74, 6) is -0.989. The van der Waals surface area contributed by atoms with Crippen molar-refractivity contribution in [2.75, 3.05) is 39.6 Å². The molecule has 2 unspecified atom stereocenters. The molecule has 0 saturated heterocycles. The summed E-state index contributed by atoms with van der Waals surface area (Å²) in [6.45, 7) is 38.0. The zero-order valence-corrected chi connectivity index (χ0v) is 39.8. The van der Waals surface area contributed by atoms with Gasteiger partial charge < -0.3 is 41.5 Å². The Morgan fingerprint density at radius 3 is 1.25 bits per heavy atom. The molecule has 0 aromatic rings. The molecule has 0 aliphatic carbocycles. The van der Waals surface area contributed by atoms with Crippen molar-refractivity contribution in [2.24, 2.45) is 0 Å². The average Bonchev–Trinajstić information content (AvgIpc) is 2.94. The minimum Gasteiger partial charge on any atom is -0.460 e. The average molecular weight is 813 g/mol. The molecule has 0 aromatic heterocycles. The van der Waals surface area contributed by atoms with Crippen molar-refractivity contribution in [3.8, 4) is 0 Å². The van der Waals surface area contributed by atoms with Gasteiger partial charge >= 0.3 is 20.5 Å². The Hall–Kier alpha value is -0.776. The molecule has 0 aliphatic heterocycles. The number of aliphatic hydroxyl groups excluding tert-OH is 2. The Labute approximate surface area is 316 Å². The predicted octanol–water partition coefficient (Wildman–Crippen LogP) is 7.75. The lowest BCUT2D eigenvalue weighted by Crippen LogP contribution is -2.52. The number of rotatable bonds is 27. The van der Waals surface area contributed by atoms with E-state index in [0.29, 0.717) is 24.4 Å². The standard InChI is InChI=1S/C18H38O5Si2.C17H38O6Si3/c1-8-9-12-24(4,5)23-25(6,7)13-10-11-21-14-17(19)15-22-18(20)16(2)3;1-15(2)17(19)21-14-16(18)13-20-11-10-12-26(9,22-24(3,4)5)23-25(6,7)8/h17,19H,2,8-15H2,1,3-7H3;16,18H,1,10-14H2,2-9H3. The van der Waals surface area contributed by atoms with Gasteiger partial charge in [-0.1, -0.05) is 32.9 Å². The molecule has 0 rings (SSSR count). The van der Waals surface area contributed by atoms with Gasteiger partial charge in [-0.3, -0.25) is 0 Å². The molecule has 0 amide bonds. The summed E-state index contributed by atoms with van der Waals surface area (Å²) >= 11 is 0. The van der Waals surface area contributed by atoms with E-state index in [-0.39, 0.29) is 26.4 Å². The molecule has 302 valence electrons. The first kappa shape index (κ1) is 52.3. The van der Waals surface area contributed by atoms with Crippen LogP contribution in [0.4, 0.5) is 0 Å². The highest BCUT2D eigenvalue weighted by Crippen LogP contribution is 2.26. The van der Waals surface area contributed by atoms with Gasteiger partial charge in [0.25, 0.3) is 0 Å². The van der Waals surface area contributed by atoms with Crippen LogP contribution in [0.2, 0.25) is 90.1 Å². The first-order chi connectivity index (χ1) is 23.1. The van der Waals surface area contributed by atoms with Crippen molar-refractivity contribution >= 4 is 53.8 Å². The molecule has 0 aromatic carbocycles. The van der Waals surface area contributed by atoms with Crippen LogP contribution in [0.3, 0.4) is 0 Å². The van der Waals surface area contributed by atoms with Gasteiger partial charge in [0, 0.05) is 24.4 Å². The van der Waals surface area contributed by atoms with E-state index in [1.54, 1.807) is 13.8 Å². The Balaban J connectivity index is 0. The SMILES string of the molecule is C=C(C)C(=O)OCC(O)COCCC[Si](C)(C)O[Si](C)(C)CCCC.C=C(C)C(=O)OCC(O)COCCC[Si](C)(O[Si](C)(C)C)O[Si](C)(C)C. The number of carbonyl (C=O) groups is 2. The lowest BCUT2D eigenvalue weighted by molar-refractivity contribution is -0.143. The number of ether oxygens (including phenoxy) is 4. The van der Waals surface area contributed by atoms with Gasteiger partial charge in [-0.2, -0.15) is 0 Å². The van der Waals surface area contributed by atoms with Gasteiger partial charge in [-0.05, 0) is 117 Å². The van der Waals surface area contributed by atoms with Crippen LogP contribution >= 0.6 is 0 Å². The second-order valence-electron chi connectivity index (χ2n) is 16.7. The maximum Gasteiger partial charge on any atom is 0.333 e. The molecule has 0 aliphatic rings. The topological polar surface area (TPSA) is 139 Å². The summed E-state index contributed by atoms with van der Waals surface area (Å²) in [6, 6.07) is 3.14. The number of esters is 2. The molecule has 0 saturated carbocycles. The first-order valence-corrected chi connectivity index (χ1v) is 34.0. The van der Waals surface area contributed by atoms with E-state index < -0.39 is 66.0 Å². The lowest BCUT2D eigenvalue weighted by atomic mass is 10.3. The highest BCUT2D eigenvalue weighted by Gasteiger charge is 2.39. The van der Waals surface area contributed by atoms with Crippen LogP contribution in [0.5, 0.6) is 0 Å². The smallest absolute Gasteiger partial charge is 0.333 e. The highest BCUT2D eigenvalue weighted by atomic mass is 28.5. The molecule has 0 bridgehead atoms. The maximum absolute atomic E-state index is 11.3. The zero-order chi connectivity index (χ0) is 40.1. The minimum absolute atomic E-state index is 0.0632. The summed E-state index contributed by atoms with van der Waals surface area (Å²) in [5.41, 5.74) is 0.637. The van der Waals surface area contributed by atoms with Crippen LogP contribution in [0.25, 0.3) is 0 Å². The minimum atomic E-state index is -2.24. The normalized spacial score (nSPS) is 13.9. The summed E-state index contributed by atoms with van der Waals surface area (Å²) in [4.78, 5) is 22.5. The highest BCUT2D eigenvalue weighted by molar-refractivity contribution is 6.87. The van der Waals surface area contributed by atoms with E-state index in [9.17, 15) is 19.8 Å². The quantitative estimate of drug-likeness (QED) is 0.0365. The van der Waals surface area contributed by atoms with Crippen molar-refractivity contribution < 1.29 is 51.1 Å². The van der Waals surface area contributed by atoms with E-state index in [1.165, 1.54) is 18.9 Å². The number of carbonyl (C=O) groups excluding carboxylic acids is 2. The van der Waals surface area contributed by atoms with Crippen molar-refractivity contribution in [1.29, 1.82) is 0 Å². The van der Waals surface area contributed by atoms with Crippen LogP contribution in [-0.4, -0.2) is 116 Å². The second-order valence-corrected chi connectivity index (χ2v) is 38.4. The molecular formula is C35H76O11Si5. The van der Waals surface area contributed by atoms with E-state index in [0.717, 1.165) is 24.9 Å². The number of hydrogen-bond acceptors (Lipinski definition) is 11. The molecule has 11 nitrogen and oxygen atoms in total. The molecule has 0 heterocycles. The Morgan fingerprint density at radius 1 is 0.569 bits per heavy atom. The largest absolute Gasteiger partial charge is 0.460 e. The molecule has 0 spiro atoms. The van der Waals surface area contributed by atoms with Gasteiger partial charge in [-0.15, -0.1) is 0 Å². The van der Waals surface area contributed by atoms with E-state index in [4.69, 9.17) is 31.3 Å². The summed E-state index contributed by atoms with van der Waals surface area (Å²) in [6.07, 6.45) is 2.58. The molecule has 16 heteroatoms. The van der Waals surface area contributed by atoms with Crippen LogP contribution in [0, 0.1) is 0 Å². The third-order valence-electron chi connectivity index (χ3n) is 6.85. The fourth-order valence-electron chi connectivity index (χ4n) is 5.09. The van der Waals surface area contributed by atoms with Crippen molar-refractivity contribution in [3.63, 3.8) is 0 Å². The van der Waals surface area contributed by atoms with Gasteiger partial charge in [0.15, 0.2) is 33.3 Å². The Bertz CT molecular complexity index is 1010. The first-order valence-electron chi connectivity index (χ1n) is 18.4. The van der Waals surface area contributed by atoms with E-state index in [1.807, 2.05) is 0 Å². The fraction of sp³-hybridized carbons (Fsp3) is 0.829. The van der Waals surface area contributed by atoms with Gasteiger partial charge in [0.2, 0.25) is 0 Å². The fourth-order valence-corrected chi connectivity index (χ4v) is 26.6. The van der Waals surface area contributed by atoms with Crippen LogP contribution in [-0.2, 0) is 40.9 Å². The second kappa shape index (κ2) is 25.3. The number of aliphatic hydroxyl groups is 2. The molecule has 0 fully saturated rings. The van der Waals surface area contributed by atoms with Crippen LogP contribution in [0.1, 0.15) is 46.5 Å². The summed E-state index contributed by atoms with van der Waals surface area (Å²) < 4.78 is 40.2. The number of unbranched alkanes of at least 4 members (excludes halogenated alkanes) is 1. The van der Waals surface area contributed by atoms with Crippen molar-refractivity contribution in [2.45, 2.75) is 149 Å². The van der Waals surface area contributed by atoms with Crippen molar-refractivity contribution in [1.82, 2.24) is 0 Å². The van der Waals surface area contributed by atoms with Gasteiger partial charge in [0.05, 0.1) is 13.2 Å². The maximum atomic E-state index is 11.3. The Morgan fingerprint density at radius 2 is 0.922 bits per heavy atom. The third kappa shape index (κ3) is 32.4. The summed E-state index contributed by atoms with van der Waals surface area (Å²) in [7, 11) is -8.83. The number of hydrogen-bond donors (Lipinski definition) is 2.